The number of rotatable bonds is 3. The molecule has 0 spiro atoms. The number of oxazole rings is 1. The van der Waals surface area contributed by atoms with Crippen molar-refractivity contribution in [2.45, 2.75) is 6.42 Å². The lowest BCUT2D eigenvalue weighted by Crippen LogP contribution is -1.84. The van der Waals surface area contributed by atoms with E-state index in [-0.39, 0.29) is 6.61 Å². The second kappa shape index (κ2) is 4.27. The fraction of sp³-hybridized carbons (Fsp3) is 0.167. The predicted octanol–water partition coefficient (Wildman–Crippen LogP) is 2.49. The lowest BCUT2D eigenvalue weighted by atomic mass is 10.2. The molecule has 3 aromatic rings. The van der Waals surface area contributed by atoms with Gasteiger partial charge in [0, 0.05) is 29.7 Å². The summed E-state index contributed by atoms with van der Waals surface area (Å²) < 4.78 is 5.26. The van der Waals surface area contributed by atoms with Crippen molar-refractivity contribution < 1.29 is 9.52 Å². The molecule has 0 atom stereocenters. The topological polar surface area (TPSA) is 59.2 Å². The molecular formula is C12H10N2O2S. The number of aliphatic hydroxyl groups excluding tert-OH is 1. The van der Waals surface area contributed by atoms with Crippen LogP contribution in [-0.4, -0.2) is 21.7 Å². The molecule has 0 amide bonds. The van der Waals surface area contributed by atoms with Gasteiger partial charge in [0.25, 0.3) is 0 Å². The highest BCUT2D eigenvalue weighted by molar-refractivity contribution is 7.15. The summed E-state index contributed by atoms with van der Waals surface area (Å²) >= 11 is 1.59. The van der Waals surface area contributed by atoms with Crippen LogP contribution in [0.1, 0.15) is 4.88 Å². The number of aromatic nitrogens is 2. The van der Waals surface area contributed by atoms with Gasteiger partial charge in [-0.2, -0.15) is 0 Å². The first-order valence-corrected chi connectivity index (χ1v) is 6.07. The molecule has 0 bridgehead atoms. The van der Waals surface area contributed by atoms with E-state index in [0.717, 1.165) is 26.5 Å². The molecule has 3 rings (SSSR count). The molecular weight excluding hydrogens is 236 g/mol. The molecule has 0 saturated carbocycles. The molecule has 0 radical (unpaired) electrons. The Kier molecular flexibility index (Phi) is 2.62. The summed E-state index contributed by atoms with van der Waals surface area (Å²) in [5, 5.41) is 9.81. The van der Waals surface area contributed by atoms with E-state index < -0.39 is 0 Å². The van der Waals surface area contributed by atoms with Crippen LogP contribution in [0.2, 0.25) is 0 Å². The monoisotopic (exact) mass is 246 g/mol. The molecule has 2 aromatic heterocycles. The van der Waals surface area contributed by atoms with Gasteiger partial charge in [0.2, 0.25) is 0 Å². The second-order valence-electron chi connectivity index (χ2n) is 3.64. The third kappa shape index (κ3) is 1.94. The molecule has 1 N–H and O–H groups in total. The Labute approximate surface area is 102 Å². The van der Waals surface area contributed by atoms with Crippen molar-refractivity contribution >= 4 is 22.4 Å². The molecule has 2 heterocycles. The Morgan fingerprint density at radius 2 is 2.24 bits per heavy atom. The van der Waals surface area contributed by atoms with Gasteiger partial charge in [-0.05, 0) is 18.2 Å². The maximum atomic E-state index is 8.87. The van der Waals surface area contributed by atoms with Crippen LogP contribution < -0.4 is 0 Å². The number of aliphatic hydroxyl groups is 1. The number of thiazole rings is 1. The van der Waals surface area contributed by atoms with E-state index >= 15 is 0 Å². The summed E-state index contributed by atoms with van der Waals surface area (Å²) in [6, 6.07) is 5.83. The number of fused-ring (bicyclic) bond motifs is 1. The largest absolute Gasteiger partial charge is 0.443 e. The Morgan fingerprint density at radius 1 is 1.29 bits per heavy atom. The minimum atomic E-state index is 0.156. The molecule has 0 aliphatic rings. The number of nitrogens with zero attached hydrogens (tertiary/aromatic N) is 2. The quantitative estimate of drug-likeness (QED) is 0.771. The summed E-state index contributed by atoms with van der Waals surface area (Å²) in [5.41, 5.74) is 2.63. The van der Waals surface area contributed by atoms with Crippen LogP contribution in [0.15, 0.2) is 35.2 Å². The molecule has 1 aromatic carbocycles. The number of benzene rings is 1. The van der Waals surface area contributed by atoms with Crippen molar-refractivity contribution in [3.63, 3.8) is 0 Å². The van der Waals surface area contributed by atoms with E-state index in [1.54, 1.807) is 17.5 Å². The van der Waals surface area contributed by atoms with Crippen LogP contribution in [0.25, 0.3) is 21.7 Å². The first-order valence-electron chi connectivity index (χ1n) is 5.26. The van der Waals surface area contributed by atoms with Crippen molar-refractivity contribution in [3.8, 4) is 10.6 Å². The van der Waals surface area contributed by atoms with Crippen molar-refractivity contribution in [2.24, 2.45) is 0 Å². The van der Waals surface area contributed by atoms with Crippen LogP contribution in [0.4, 0.5) is 0 Å². The Balaban J connectivity index is 2.00. The first kappa shape index (κ1) is 10.4. The van der Waals surface area contributed by atoms with E-state index in [2.05, 4.69) is 9.97 Å². The fourth-order valence-corrected chi connectivity index (χ4v) is 2.55. The highest BCUT2D eigenvalue weighted by atomic mass is 32.1. The van der Waals surface area contributed by atoms with E-state index in [9.17, 15) is 0 Å². The summed E-state index contributed by atoms with van der Waals surface area (Å²) in [4.78, 5) is 9.50. The van der Waals surface area contributed by atoms with Crippen molar-refractivity contribution in [2.75, 3.05) is 6.61 Å². The molecule has 86 valence electrons. The smallest absolute Gasteiger partial charge is 0.181 e. The average Bonchev–Trinajstić information content (AvgIpc) is 2.96. The van der Waals surface area contributed by atoms with Gasteiger partial charge in [-0.25, -0.2) is 9.97 Å². The fourth-order valence-electron chi connectivity index (χ4n) is 1.65. The number of hydrogen-bond acceptors (Lipinski definition) is 5. The molecule has 0 saturated heterocycles. The zero-order valence-corrected chi connectivity index (χ0v) is 9.78. The maximum absolute atomic E-state index is 8.87. The molecule has 0 aliphatic heterocycles. The highest BCUT2D eigenvalue weighted by Gasteiger charge is 2.07. The van der Waals surface area contributed by atoms with Gasteiger partial charge < -0.3 is 9.52 Å². The van der Waals surface area contributed by atoms with Gasteiger partial charge in [-0.15, -0.1) is 11.3 Å². The molecule has 5 heteroatoms. The molecule has 4 nitrogen and oxygen atoms in total. The Morgan fingerprint density at radius 3 is 3.12 bits per heavy atom. The van der Waals surface area contributed by atoms with Gasteiger partial charge in [-0.3, -0.25) is 0 Å². The van der Waals surface area contributed by atoms with Gasteiger partial charge in [-0.1, -0.05) is 0 Å². The van der Waals surface area contributed by atoms with E-state index in [1.165, 1.54) is 6.39 Å². The average molecular weight is 246 g/mol. The minimum Gasteiger partial charge on any atom is -0.443 e. The van der Waals surface area contributed by atoms with Gasteiger partial charge in [0.15, 0.2) is 12.0 Å². The van der Waals surface area contributed by atoms with Crippen molar-refractivity contribution in [1.82, 2.24) is 9.97 Å². The molecule has 17 heavy (non-hydrogen) atoms. The normalized spacial score (nSPS) is 11.1. The van der Waals surface area contributed by atoms with E-state index in [1.807, 2.05) is 18.2 Å². The van der Waals surface area contributed by atoms with Crippen LogP contribution >= 0.6 is 11.3 Å². The van der Waals surface area contributed by atoms with Gasteiger partial charge in [0.1, 0.15) is 10.5 Å². The number of hydrogen-bond donors (Lipinski definition) is 1. The standard InChI is InChI=1S/C12H10N2O2S/c15-4-3-9-6-13-12(17-9)8-1-2-10-11(5-8)16-7-14-10/h1-2,5-7,15H,3-4H2. The van der Waals surface area contributed by atoms with E-state index in [4.69, 9.17) is 9.52 Å². The SMILES string of the molecule is OCCc1cnc(-c2ccc3ncoc3c2)s1. The summed E-state index contributed by atoms with van der Waals surface area (Å²) in [5.74, 6) is 0. The third-order valence-electron chi connectivity index (χ3n) is 2.49. The van der Waals surface area contributed by atoms with Crippen LogP contribution in [0.3, 0.4) is 0 Å². The van der Waals surface area contributed by atoms with Crippen LogP contribution in [0, 0.1) is 0 Å². The summed E-state index contributed by atoms with van der Waals surface area (Å²) in [7, 11) is 0. The Hall–Kier alpha value is -1.72. The zero-order chi connectivity index (χ0) is 11.7. The zero-order valence-electron chi connectivity index (χ0n) is 8.96. The van der Waals surface area contributed by atoms with Gasteiger partial charge in [0.05, 0.1) is 0 Å². The van der Waals surface area contributed by atoms with Crippen LogP contribution in [-0.2, 0) is 6.42 Å². The third-order valence-corrected chi connectivity index (χ3v) is 3.60. The maximum Gasteiger partial charge on any atom is 0.181 e. The lowest BCUT2D eigenvalue weighted by molar-refractivity contribution is 0.300. The minimum absolute atomic E-state index is 0.156. The highest BCUT2D eigenvalue weighted by Crippen LogP contribution is 2.27. The van der Waals surface area contributed by atoms with Crippen molar-refractivity contribution in [1.29, 1.82) is 0 Å². The van der Waals surface area contributed by atoms with Gasteiger partial charge >= 0.3 is 0 Å². The summed E-state index contributed by atoms with van der Waals surface area (Å²) in [6.45, 7) is 0.156. The van der Waals surface area contributed by atoms with E-state index in [0.29, 0.717) is 6.42 Å². The lowest BCUT2D eigenvalue weighted by Gasteiger charge is -1.94. The predicted molar refractivity (Wildman–Crippen MR) is 65.9 cm³/mol. The molecule has 0 fully saturated rings. The second-order valence-corrected chi connectivity index (χ2v) is 4.76. The Bertz CT molecular complexity index is 645. The first-order chi connectivity index (χ1) is 8.36. The molecule has 0 unspecified atom stereocenters. The summed E-state index contributed by atoms with van der Waals surface area (Å²) in [6.07, 6.45) is 3.90. The van der Waals surface area contributed by atoms with Crippen molar-refractivity contribution in [3.05, 3.63) is 35.7 Å². The van der Waals surface area contributed by atoms with Crippen LogP contribution in [0.5, 0.6) is 0 Å². The molecule has 0 aliphatic carbocycles.